The first-order valence-electron chi connectivity index (χ1n) is 12.3. The summed E-state index contributed by atoms with van der Waals surface area (Å²) in [6.45, 7) is 2.09. The summed E-state index contributed by atoms with van der Waals surface area (Å²) in [5.41, 5.74) is 2.61. The van der Waals surface area contributed by atoms with Crippen LogP contribution in [0.25, 0.3) is 6.08 Å². The Kier molecular flexibility index (Phi) is 9.24. The van der Waals surface area contributed by atoms with E-state index in [-0.39, 0.29) is 6.42 Å². The normalized spacial score (nSPS) is 12.1. The maximum Gasteiger partial charge on any atom is 0.257 e. The zero-order valence-corrected chi connectivity index (χ0v) is 22.9. The van der Waals surface area contributed by atoms with Gasteiger partial charge in [-0.25, -0.2) is 18.1 Å². The van der Waals surface area contributed by atoms with E-state index >= 15 is 0 Å². The summed E-state index contributed by atoms with van der Waals surface area (Å²) in [5.74, 6) is -2.76. The lowest BCUT2D eigenvalue weighted by molar-refractivity contribution is -0.132. The second-order valence-corrected chi connectivity index (χ2v) is 11.0. The summed E-state index contributed by atoms with van der Waals surface area (Å²) in [6.07, 6.45) is 1.32. The van der Waals surface area contributed by atoms with Gasteiger partial charge in [-0.1, -0.05) is 66.7 Å². The van der Waals surface area contributed by atoms with Gasteiger partial charge in [0.25, 0.3) is 10.0 Å². The number of thiazole rings is 1. The maximum atomic E-state index is 13.7. The first-order valence-corrected chi connectivity index (χ1v) is 14.7. The van der Waals surface area contributed by atoms with Crippen molar-refractivity contribution in [2.75, 3.05) is 16.8 Å². The van der Waals surface area contributed by atoms with Crippen molar-refractivity contribution in [3.63, 3.8) is 0 Å². The molecule has 0 fully saturated rings. The molecule has 2 amide bonds. The number of nitrogens with zero attached hydrogens (tertiary/aromatic N) is 2. The summed E-state index contributed by atoms with van der Waals surface area (Å²) in [6, 6.07) is 27.3. The van der Waals surface area contributed by atoms with Crippen LogP contribution in [0.4, 0.5) is 16.5 Å². The molecule has 1 heterocycles. The topological polar surface area (TPSA) is 108 Å². The second kappa shape index (κ2) is 13.0. The summed E-state index contributed by atoms with van der Waals surface area (Å²) in [5, 5.41) is 6.46. The first kappa shape index (κ1) is 27.7. The largest absolute Gasteiger partial charge is 0.332 e. The van der Waals surface area contributed by atoms with E-state index in [1.807, 2.05) is 42.5 Å². The van der Waals surface area contributed by atoms with E-state index in [2.05, 4.69) is 15.0 Å². The van der Waals surface area contributed by atoms with Crippen LogP contribution in [0.15, 0.2) is 102 Å². The second-order valence-electron chi connectivity index (χ2n) is 8.53. The molecule has 3 aromatic carbocycles. The van der Waals surface area contributed by atoms with Crippen LogP contribution >= 0.6 is 11.3 Å². The SMILES string of the molecule is CCN(C(=O)C(Cc1csc(Nc2ccccc2)n1)C(=O)NS(=O)(=O)C=Cc1ccccc1)c1ccccc1. The van der Waals surface area contributed by atoms with Gasteiger partial charge in [-0.05, 0) is 42.8 Å². The van der Waals surface area contributed by atoms with Crippen LogP contribution in [0.3, 0.4) is 0 Å². The monoisotopic (exact) mass is 560 g/mol. The lowest BCUT2D eigenvalue weighted by Gasteiger charge is -2.25. The predicted molar refractivity (Wildman–Crippen MR) is 156 cm³/mol. The van der Waals surface area contributed by atoms with Crippen LogP contribution in [-0.2, 0) is 26.0 Å². The van der Waals surface area contributed by atoms with Gasteiger partial charge in [0.05, 0.1) is 11.1 Å². The third kappa shape index (κ3) is 7.86. The van der Waals surface area contributed by atoms with Crippen molar-refractivity contribution in [3.8, 4) is 0 Å². The van der Waals surface area contributed by atoms with Gasteiger partial charge in [-0.15, -0.1) is 11.3 Å². The van der Waals surface area contributed by atoms with Crippen molar-refractivity contribution in [1.82, 2.24) is 9.71 Å². The number of rotatable bonds is 11. The molecule has 0 radical (unpaired) electrons. The number of para-hydroxylation sites is 2. The van der Waals surface area contributed by atoms with Gasteiger partial charge in [0.1, 0.15) is 5.92 Å². The van der Waals surface area contributed by atoms with Crippen molar-refractivity contribution < 1.29 is 18.0 Å². The fraction of sp³-hybridized carbons (Fsp3) is 0.138. The zero-order chi connectivity index (χ0) is 27.7. The summed E-state index contributed by atoms with van der Waals surface area (Å²) < 4.78 is 27.6. The standard InChI is InChI=1S/C29H28N4O4S2/c1-2-33(25-16-10-5-11-17-25)28(35)26(20-24-21-38-29(31-24)30-23-14-8-4-9-15-23)27(34)32-39(36,37)19-18-22-12-6-3-7-13-22/h3-19,21,26H,2,20H2,1H3,(H,30,31)(H,32,34). The smallest absolute Gasteiger partial charge is 0.257 e. The summed E-state index contributed by atoms with van der Waals surface area (Å²) >= 11 is 1.33. The molecule has 4 aromatic rings. The minimum Gasteiger partial charge on any atom is -0.332 e. The molecule has 8 nitrogen and oxygen atoms in total. The van der Waals surface area contributed by atoms with Crippen LogP contribution in [0.2, 0.25) is 0 Å². The fourth-order valence-corrected chi connectivity index (χ4v) is 5.41. The summed E-state index contributed by atoms with van der Waals surface area (Å²) in [4.78, 5) is 33.0. The van der Waals surface area contributed by atoms with Crippen LogP contribution in [0, 0.1) is 5.92 Å². The molecular formula is C29H28N4O4S2. The number of benzene rings is 3. The van der Waals surface area contributed by atoms with Crippen molar-refractivity contribution in [2.24, 2.45) is 5.92 Å². The van der Waals surface area contributed by atoms with E-state index in [0.29, 0.717) is 28.6 Å². The van der Waals surface area contributed by atoms with E-state index in [1.54, 1.807) is 60.8 Å². The third-order valence-electron chi connectivity index (χ3n) is 5.74. The number of anilines is 3. The van der Waals surface area contributed by atoms with Crippen LogP contribution in [0.1, 0.15) is 18.2 Å². The molecule has 10 heteroatoms. The highest BCUT2D eigenvalue weighted by Gasteiger charge is 2.33. The van der Waals surface area contributed by atoms with Gasteiger partial charge < -0.3 is 10.2 Å². The minimum atomic E-state index is -4.16. The Balaban J connectivity index is 1.57. The maximum absolute atomic E-state index is 13.7. The minimum absolute atomic E-state index is 0.0705. The average molecular weight is 561 g/mol. The van der Waals surface area contributed by atoms with Crippen molar-refractivity contribution in [1.29, 1.82) is 0 Å². The Morgan fingerprint density at radius 3 is 2.21 bits per heavy atom. The van der Waals surface area contributed by atoms with Crippen molar-refractivity contribution in [2.45, 2.75) is 13.3 Å². The Morgan fingerprint density at radius 2 is 1.56 bits per heavy atom. The van der Waals surface area contributed by atoms with Gasteiger partial charge in [0.2, 0.25) is 11.8 Å². The first-order chi connectivity index (χ1) is 18.8. The average Bonchev–Trinajstić information content (AvgIpc) is 3.39. The van der Waals surface area contributed by atoms with Gasteiger partial charge in [-0.3, -0.25) is 9.59 Å². The molecule has 1 atom stereocenters. The zero-order valence-electron chi connectivity index (χ0n) is 21.2. The number of carbonyl (C=O) groups is 2. The van der Waals surface area contributed by atoms with Crippen LogP contribution in [-0.4, -0.2) is 31.8 Å². The number of hydrogen-bond donors (Lipinski definition) is 2. The predicted octanol–water partition coefficient (Wildman–Crippen LogP) is 5.22. The molecule has 1 unspecified atom stereocenters. The number of hydrogen-bond acceptors (Lipinski definition) is 7. The van der Waals surface area contributed by atoms with Gasteiger partial charge >= 0.3 is 0 Å². The molecule has 1 aromatic heterocycles. The molecule has 0 saturated heterocycles. The van der Waals surface area contributed by atoms with Crippen molar-refractivity contribution >= 4 is 55.8 Å². The van der Waals surface area contributed by atoms with E-state index in [0.717, 1.165) is 11.1 Å². The number of sulfonamides is 1. The van der Waals surface area contributed by atoms with E-state index in [4.69, 9.17) is 0 Å². The Bertz CT molecular complexity index is 1520. The van der Waals surface area contributed by atoms with Crippen LogP contribution < -0.4 is 14.9 Å². The van der Waals surface area contributed by atoms with Crippen molar-refractivity contribution in [3.05, 3.63) is 113 Å². The number of carbonyl (C=O) groups excluding carboxylic acids is 2. The van der Waals surface area contributed by atoms with E-state index in [9.17, 15) is 18.0 Å². The Morgan fingerprint density at radius 1 is 0.949 bits per heavy atom. The molecule has 0 aliphatic heterocycles. The third-order valence-corrected chi connectivity index (χ3v) is 7.52. The lowest BCUT2D eigenvalue weighted by Crippen LogP contribution is -2.46. The quantitative estimate of drug-likeness (QED) is 0.244. The molecule has 2 N–H and O–H groups in total. The van der Waals surface area contributed by atoms with Gasteiger partial charge in [-0.2, -0.15) is 0 Å². The lowest BCUT2D eigenvalue weighted by atomic mass is 10.0. The molecule has 0 aliphatic carbocycles. The van der Waals surface area contributed by atoms with Gasteiger partial charge in [0.15, 0.2) is 5.13 Å². The molecule has 4 rings (SSSR count). The highest BCUT2D eigenvalue weighted by Crippen LogP contribution is 2.24. The molecule has 0 saturated carbocycles. The Labute approximate surface area is 232 Å². The highest BCUT2D eigenvalue weighted by atomic mass is 32.2. The molecule has 200 valence electrons. The molecule has 0 bridgehead atoms. The Hall–Kier alpha value is -4.28. The number of amides is 2. The fourth-order valence-electron chi connectivity index (χ4n) is 3.84. The van der Waals surface area contributed by atoms with Crippen LogP contribution in [0.5, 0.6) is 0 Å². The highest BCUT2D eigenvalue weighted by molar-refractivity contribution is 7.93. The number of aromatic nitrogens is 1. The molecule has 39 heavy (non-hydrogen) atoms. The summed E-state index contributed by atoms with van der Waals surface area (Å²) in [7, 11) is -4.16. The number of nitrogens with one attached hydrogen (secondary N) is 2. The van der Waals surface area contributed by atoms with E-state index in [1.165, 1.54) is 22.3 Å². The van der Waals surface area contributed by atoms with E-state index < -0.39 is 27.8 Å². The molecule has 0 aliphatic rings. The molecule has 0 spiro atoms. The molecular weight excluding hydrogens is 532 g/mol. The van der Waals surface area contributed by atoms with Gasteiger partial charge in [0, 0.05) is 29.7 Å².